The van der Waals surface area contributed by atoms with Gasteiger partial charge in [-0.15, -0.1) is 0 Å². The summed E-state index contributed by atoms with van der Waals surface area (Å²) in [6.45, 7) is 2.11. The second-order valence-corrected chi connectivity index (χ2v) is 6.47. The molecule has 2 aromatic carbocycles. The molecule has 0 unspecified atom stereocenters. The molecule has 1 aromatic heterocycles. The lowest BCUT2D eigenvalue weighted by Gasteiger charge is -2.06. The Balaban J connectivity index is 1.47. The van der Waals surface area contributed by atoms with E-state index < -0.39 is 0 Å². The lowest BCUT2D eigenvalue weighted by molar-refractivity contribution is -0.115. The Hall–Kier alpha value is -3.01. The fraction of sp³-hybridized carbons (Fsp3) is 0.190. The van der Waals surface area contributed by atoms with Crippen LogP contribution in [0, 0.1) is 6.92 Å². The van der Waals surface area contributed by atoms with Gasteiger partial charge in [-0.25, -0.2) is 9.97 Å². The summed E-state index contributed by atoms with van der Waals surface area (Å²) in [5.74, 6) is 0.901. The van der Waals surface area contributed by atoms with E-state index in [9.17, 15) is 4.79 Å². The van der Waals surface area contributed by atoms with Crippen molar-refractivity contribution in [3.63, 3.8) is 0 Å². The number of nitrogens with one attached hydrogen (secondary N) is 1. The molecule has 1 aliphatic heterocycles. The quantitative estimate of drug-likeness (QED) is 0.793. The van der Waals surface area contributed by atoms with Gasteiger partial charge in [-0.3, -0.25) is 4.79 Å². The van der Waals surface area contributed by atoms with E-state index in [0.717, 1.165) is 41.0 Å². The molecule has 4 heteroatoms. The molecule has 0 radical (unpaired) electrons. The van der Waals surface area contributed by atoms with Gasteiger partial charge in [0.2, 0.25) is 5.91 Å². The van der Waals surface area contributed by atoms with Crippen LogP contribution in [0.5, 0.6) is 0 Å². The number of hydrogen-bond acceptors (Lipinski definition) is 3. The van der Waals surface area contributed by atoms with Crippen molar-refractivity contribution in [2.75, 3.05) is 5.32 Å². The summed E-state index contributed by atoms with van der Waals surface area (Å²) in [6.07, 6.45) is 5.94. The van der Waals surface area contributed by atoms with E-state index in [4.69, 9.17) is 0 Å². The molecule has 4 nitrogen and oxygen atoms in total. The Labute approximate surface area is 147 Å². The third-order valence-electron chi connectivity index (χ3n) is 4.49. The first-order chi connectivity index (χ1) is 12.2. The van der Waals surface area contributed by atoms with Crippen LogP contribution in [0.4, 0.5) is 5.69 Å². The second kappa shape index (κ2) is 6.48. The van der Waals surface area contributed by atoms with Crippen LogP contribution in [-0.2, 0) is 24.1 Å². The monoisotopic (exact) mass is 329 g/mol. The van der Waals surface area contributed by atoms with Crippen LogP contribution >= 0.6 is 0 Å². The molecule has 0 bridgehead atoms. The van der Waals surface area contributed by atoms with E-state index in [1.807, 2.05) is 30.6 Å². The molecule has 25 heavy (non-hydrogen) atoms. The van der Waals surface area contributed by atoms with Gasteiger partial charge >= 0.3 is 0 Å². The number of carbonyl (C=O) groups excluding carboxylic acids is 1. The summed E-state index contributed by atoms with van der Waals surface area (Å²) in [5, 5.41) is 2.85. The van der Waals surface area contributed by atoms with E-state index in [2.05, 4.69) is 46.5 Å². The smallest absolute Gasteiger partial charge is 0.228 e. The summed E-state index contributed by atoms with van der Waals surface area (Å²) in [4.78, 5) is 20.5. The van der Waals surface area contributed by atoms with Crippen molar-refractivity contribution < 1.29 is 4.79 Å². The zero-order chi connectivity index (χ0) is 17.2. The summed E-state index contributed by atoms with van der Waals surface area (Å²) in [6, 6.07) is 14.5. The molecule has 1 N–H and O–H groups in total. The molecule has 3 aromatic rings. The van der Waals surface area contributed by atoms with Crippen molar-refractivity contribution in [2.24, 2.45) is 0 Å². The standard InChI is InChI=1S/C21H19N3O/c1-14-3-2-4-15(9-14)5-8-20-22-12-18(13-23-20)16-6-7-19-17(10-16)11-21(25)24-19/h2-4,6-7,9-10,12-13H,5,8,11H2,1H3,(H,24,25). The van der Waals surface area contributed by atoms with Gasteiger partial charge in [0.05, 0.1) is 6.42 Å². The first-order valence-corrected chi connectivity index (χ1v) is 8.47. The highest BCUT2D eigenvalue weighted by Gasteiger charge is 2.17. The number of anilines is 1. The number of aromatic nitrogens is 2. The predicted molar refractivity (Wildman–Crippen MR) is 98.4 cm³/mol. The maximum atomic E-state index is 11.5. The zero-order valence-electron chi connectivity index (χ0n) is 14.1. The van der Waals surface area contributed by atoms with Gasteiger partial charge in [0.15, 0.2) is 0 Å². The number of aryl methyl sites for hydroxylation is 3. The van der Waals surface area contributed by atoms with Crippen molar-refractivity contribution in [1.82, 2.24) is 9.97 Å². The first-order valence-electron chi connectivity index (χ1n) is 8.47. The van der Waals surface area contributed by atoms with Crippen molar-refractivity contribution in [2.45, 2.75) is 26.2 Å². The molecule has 1 aliphatic rings. The van der Waals surface area contributed by atoms with Crippen LogP contribution in [0.25, 0.3) is 11.1 Å². The maximum Gasteiger partial charge on any atom is 0.228 e. The number of nitrogens with zero attached hydrogens (tertiary/aromatic N) is 2. The summed E-state index contributed by atoms with van der Waals surface area (Å²) < 4.78 is 0. The van der Waals surface area contributed by atoms with Crippen molar-refractivity contribution in [3.05, 3.63) is 77.4 Å². The van der Waals surface area contributed by atoms with Crippen LogP contribution in [0.2, 0.25) is 0 Å². The van der Waals surface area contributed by atoms with E-state index in [0.29, 0.717) is 6.42 Å². The van der Waals surface area contributed by atoms with Gasteiger partial charge in [-0.1, -0.05) is 35.9 Å². The van der Waals surface area contributed by atoms with Crippen LogP contribution in [-0.4, -0.2) is 15.9 Å². The minimum absolute atomic E-state index is 0.0508. The third-order valence-corrected chi connectivity index (χ3v) is 4.49. The Bertz CT molecular complexity index is 932. The van der Waals surface area contributed by atoms with Crippen LogP contribution in [0.15, 0.2) is 54.9 Å². The number of amides is 1. The molecule has 0 saturated carbocycles. The molecule has 0 fully saturated rings. The van der Waals surface area contributed by atoms with Crippen molar-refractivity contribution in [1.29, 1.82) is 0 Å². The third kappa shape index (κ3) is 3.43. The largest absolute Gasteiger partial charge is 0.326 e. The molecule has 2 heterocycles. The highest BCUT2D eigenvalue weighted by Crippen LogP contribution is 2.28. The first kappa shape index (κ1) is 15.5. The van der Waals surface area contributed by atoms with Gasteiger partial charge in [0.25, 0.3) is 0 Å². The second-order valence-electron chi connectivity index (χ2n) is 6.47. The Kier molecular flexibility index (Phi) is 4.02. The lowest BCUT2D eigenvalue weighted by Crippen LogP contribution is -2.03. The normalized spacial score (nSPS) is 12.8. The van der Waals surface area contributed by atoms with E-state index in [1.54, 1.807) is 0 Å². The molecule has 0 saturated heterocycles. The number of carbonyl (C=O) groups is 1. The van der Waals surface area contributed by atoms with E-state index in [1.165, 1.54) is 11.1 Å². The van der Waals surface area contributed by atoms with E-state index in [-0.39, 0.29) is 5.91 Å². The van der Waals surface area contributed by atoms with E-state index >= 15 is 0 Å². The average Bonchev–Trinajstić information content (AvgIpc) is 2.99. The molecule has 0 spiro atoms. The average molecular weight is 329 g/mol. The Morgan fingerprint density at radius 1 is 1.00 bits per heavy atom. The van der Waals surface area contributed by atoms with Gasteiger partial charge in [-0.05, 0) is 42.2 Å². The topological polar surface area (TPSA) is 54.9 Å². The van der Waals surface area contributed by atoms with Gasteiger partial charge in [0.1, 0.15) is 5.82 Å². The Morgan fingerprint density at radius 2 is 1.84 bits per heavy atom. The summed E-state index contributed by atoms with van der Waals surface area (Å²) in [5.41, 5.74) is 6.54. The highest BCUT2D eigenvalue weighted by molar-refractivity contribution is 5.99. The minimum atomic E-state index is 0.0508. The molecular formula is C21H19N3O. The van der Waals surface area contributed by atoms with Crippen LogP contribution in [0.3, 0.4) is 0 Å². The maximum absolute atomic E-state index is 11.5. The molecular weight excluding hydrogens is 310 g/mol. The lowest BCUT2D eigenvalue weighted by atomic mass is 10.0. The highest BCUT2D eigenvalue weighted by atomic mass is 16.1. The zero-order valence-corrected chi connectivity index (χ0v) is 14.1. The fourth-order valence-electron chi connectivity index (χ4n) is 3.17. The summed E-state index contributed by atoms with van der Waals surface area (Å²) >= 11 is 0. The molecule has 124 valence electrons. The van der Waals surface area contributed by atoms with Gasteiger partial charge in [-0.2, -0.15) is 0 Å². The molecule has 1 amide bonds. The fourth-order valence-corrected chi connectivity index (χ4v) is 3.17. The molecule has 4 rings (SSSR count). The SMILES string of the molecule is Cc1cccc(CCc2ncc(-c3ccc4c(c3)CC(=O)N4)cn2)c1. The molecule has 0 aliphatic carbocycles. The van der Waals surface area contributed by atoms with Gasteiger partial charge in [0, 0.05) is 30.1 Å². The molecule has 0 atom stereocenters. The predicted octanol–water partition coefficient (Wildman–Crippen LogP) is 3.73. The van der Waals surface area contributed by atoms with Crippen LogP contribution in [0.1, 0.15) is 22.5 Å². The number of fused-ring (bicyclic) bond motifs is 1. The number of hydrogen-bond donors (Lipinski definition) is 1. The summed E-state index contributed by atoms with van der Waals surface area (Å²) in [7, 11) is 0. The van der Waals surface area contributed by atoms with Crippen molar-refractivity contribution >= 4 is 11.6 Å². The Morgan fingerprint density at radius 3 is 2.64 bits per heavy atom. The van der Waals surface area contributed by atoms with Crippen LogP contribution < -0.4 is 5.32 Å². The number of benzene rings is 2. The van der Waals surface area contributed by atoms with Crippen molar-refractivity contribution in [3.8, 4) is 11.1 Å². The number of rotatable bonds is 4. The minimum Gasteiger partial charge on any atom is -0.326 e. The van der Waals surface area contributed by atoms with Gasteiger partial charge < -0.3 is 5.32 Å².